The Morgan fingerprint density at radius 1 is 1.11 bits per heavy atom. The Labute approximate surface area is 160 Å². The van der Waals surface area contributed by atoms with E-state index in [1.165, 1.54) is 12.5 Å². The maximum Gasteiger partial charge on any atom is 0.253 e. The molecule has 1 N–H and O–H groups in total. The van der Waals surface area contributed by atoms with Gasteiger partial charge in [0.25, 0.3) is 5.91 Å². The molecular weight excluding hydrogens is 340 g/mol. The summed E-state index contributed by atoms with van der Waals surface area (Å²) in [5.74, 6) is 0.283. The van der Waals surface area contributed by atoms with Gasteiger partial charge in [-0.2, -0.15) is 0 Å². The summed E-state index contributed by atoms with van der Waals surface area (Å²) >= 11 is 0. The predicted molar refractivity (Wildman–Crippen MR) is 105 cm³/mol. The predicted octanol–water partition coefficient (Wildman–Crippen LogP) is 3.71. The summed E-state index contributed by atoms with van der Waals surface area (Å²) in [7, 11) is 0. The lowest BCUT2D eigenvalue weighted by atomic mass is 9.98. The molecule has 0 aromatic heterocycles. The van der Waals surface area contributed by atoms with E-state index in [1.807, 2.05) is 23.1 Å². The maximum absolute atomic E-state index is 12.8. The number of nitrogens with one attached hydrogen (secondary N) is 1. The van der Waals surface area contributed by atoms with Crippen molar-refractivity contribution in [1.29, 1.82) is 0 Å². The van der Waals surface area contributed by atoms with Gasteiger partial charge in [0.05, 0.1) is 13.2 Å². The molecule has 1 fully saturated rings. The van der Waals surface area contributed by atoms with E-state index in [-0.39, 0.29) is 11.8 Å². The van der Waals surface area contributed by atoms with E-state index in [0.29, 0.717) is 30.4 Å². The summed E-state index contributed by atoms with van der Waals surface area (Å²) in [6.07, 6.45) is 2.08. The van der Waals surface area contributed by atoms with Crippen LogP contribution < -0.4 is 5.32 Å². The second-order valence-electron chi connectivity index (χ2n) is 7.02. The van der Waals surface area contributed by atoms with E-state index in [0.717, 1.165) is 25.9 Å². The number of carbonyl (C=O) groups excluding carboxylic acids is 2. The Morgan fingerprint density at radius 3 is 2.56 bits per heavy atom. The zero-order valence-electron chi connectivity index (χ0n) is 15.7. The second kappa shape index (κ2) is 9.33. The lowest BCUT2D eigenvalue weighted by Gasteiger charge is -2.32. The third-order valence-electron chi connectivity index (χ3n) is 4.72. The van der Waals surface area contributed by atoms with Crippen molar-refractivity contribution >= 4 is 17.5 Å². The minimum Gasteiger partial charge on any atom is -0.376 e. The van der Waals surface area contributed by atoms with Crippen LogP contribution in [0.25, 0.3) is 0 Å². The molecule has 142 valence electrons. The topological polar surface area (TPSA) is 58.6 Å². The first-order chi connectivity index (χ1) is 13.1. The highest BCUT2D eigenvalue weighted by molar-refractivity contribution is 5.95. The molecule has 0 aliphatic carbocycles. The maximum atomic E-state index is 12.8. The van der Waals surface area contributed by atoms with E-state index in [9.17, 15) is 9.59 Å². The fourth-order valence-corrected chi connectivity index (χ4v) is 3.39. The van der Waals surface area contributed by atoms with Gasteiger partial charge in [0.2, 0.25) is 5.91 Å². The summed E-state index contributed by atoms with van der Waals surface area (Å²) < 4.78 is 5.87. The number of amides is 2. The third kappa shape index (κ3) is 5.66. The van der Waals surface area contributed by atoms with E-state index < -0.39 is 0 Å². The summed E-state index contributed by atoms with van der Waals surface area (Å²) in [5.41, 5.74) is 2.51. The first-order valence-electron chi connectivity index (χ1n) is 9.40. The second-order valence-corrected chi connectivity index (χ2v) is 7.02. The van der Waals surface area contributed by atoms with E-state index in [4.69, 9.17) is 4.74 Å². The number of rotatable bonds is 6. The normalized spacial score (nSPS) is 16.8. The van der Waals surface area contributed by atoms with Crippen molar-refractivity contribution in [3.05, 3.63) is 65.7 Å². The van der Waals surface area contributed by atoms with Crippen LogP contribution in [0.4, 0.5) is 5.69 Å². The Balaban J connectivity index is 1.50. The molecule has 1 atom stereocenters. The fraction of sp³-hybridized carbons (Fsp3) is 0.364. The molecule has 2 aromatic rings. The van der Waals surface area contributed by atoms with Gasteiger partial charge in [-0.05, 0) is 48.6 Å². The average Bonchev–Trinajstić information content (AvgIpc) is 2.69. The van der Waals surface area contributed by atoms with Crippen LogP contribution in [0.15, 0.2) is 54.6 Å². The summed E-state index contributed by atoms with van der Waals surface area (Å²) in [4.78, 5) is 25.8. The number of anilines is 1. The van der Waals surface area contributed by atoms with Crippen molar-refractivity contribution in [1.82, 2.24) is 4.90 Å². The lowest BCUT2D eigenvalue weighted by Crippen LogP contribution is -2.41. The standard InChI is InChI=1S/C22H26N2O3/c1-17(25)23-21-11-9-20(10-12-21)22(26)24-13-5-8-19(14-24)16-27-15-18-6-3-2-4-7-18/h2-4,6-7,9-12,19H,5,8,13-16H2,1H3,(H,23,25). The number of hydrogen-bond acceptors (Lipinski definition) is 3. The zero-order valence-corrected chi connectivity index (χ0v) is 15.7. The van der Waals surface area contributed by atoms with Crippen LogP contribution in [-0.2, 0) is 16.1 Å². The molecule has 5 heteroatoms. The molecular formula is C22H26N2O3. The molecule has 5 nitrogen and oxygen atoms in total. The number of piperidine rings is 1. The number of nitrogens with zero attached hydrogens (tertiary/aromatic N) is 1. The highest BCUT2D eigenvalue weighted by atomic mass is 16.5. The monoisotopic (exact) mass is 366 g/mol. The molecule has 0 spiro atoms. The molecule has 1 unspecified atom stereocenters. The van der Waals surface area contributed by atoms with E-state index in [2.05, 4.69) is 17.4 Å². The number of carbonyl (C=O) groups is 2. The van der Waals surface area contributed by atoms with E-state index >= 15 is 0 Å². The third-order valence-corrected chi connectivity index (χ3v) is 4.72. The Morgan fingerprint density at radius 2 is 1.85 bits per heavy atom. The number of benzene rings is 2. The van der Waals surface area contributed by atoms with Crippen LogP contribution in [0, 0.1) is 5.92 Å². The molecule has 1 saturated heterocycles. The van der Waals surface area contributed by atoms with Gasteiger partial charge in [-0.1, -0.05) is 30.3 Å². The summed E-state index contributed by atoms with van der Waals surface area (Å²) in [5, 5.41) is 2.71. The first-order valence-corrected chi connectivity index (χ1v) is 9.40. The van der Waals surface area contributed by atoms with Crippen molar-refractivity contribution < 1.29 is 14.3 Å². The van der Waals surface area contributed by atoms with Gasteiger partial charge in [0.1, 0.15) is 0 Å². The fourth-order valence-electron chi connectivity index (χ4n) is 3.39. The Kier molecular flexibility index (Phi) is 6.60. The largest absolute Gasteiger partial charge is 0.376 e. The SMILES string of the molecule is CC(=O)Nc1ccc(C(=O)N2CCCC(COCc3ccccc3)C2)cc1. The van der Waals surface area contributed by atoms with Gasteiger partial charge < -0.3 is 15.0 Å². The Hall–Kier alpha value is -2.66. The number of likely N-dealkylation sites (tertiary alicyclic amines) is 1. The molecule has 27 heavy (non-hydrogen) atoms. The minimum absolute atomic E-state index is 0.0390. The Bertz CT molecular complexity index is 759. The highest BCUT2D eigenvalue weighted by Gasteiger charge is 2.24. The molecule has 1 heterocycles. The van der Waals surface area contributed by atoms with Crippen LogP contribution in [-0.4, -0.2) is 36.4 Å². The molecule has 0 saturated carbocycles. The lowest BCUT2D eigenvalue weighted by molar-refractivity contribution is -0.114. The molecule has 0 bridgehead atoms. The molecule has 2 aromatic carbocycles. The molecule has 2 amide bonds. The van der Waals surface area contributed by atoms with Gasteiger partial charge >= 0.3 is 0 Å². The van der Waals surface area contributed by atoms with Gasteiger partial charge in [0.15, 0.2) is 0 Å². The van der Waals surface area contributed by atoms with Gasteiger partial charge in [-0.25, -0.2) is 0 Å². The van der Waals surface area contributed by atoms with Crippen molar-refractivity contribution in [2.24, 2.45) is 5.92 Å². The summed E-state index contributed by atoms with van der Waals surface area (Å²) in [6, 6.07) is 17.2. The minimum atomic E-state index is -0.122. The number of hydrogen-bond donors (Lipinski definition) is 1. The van der Waals surface area contributed by atoms with Gasteiger partial charge in [0, 0.05) is 31.3 Å². The van der Waals surface area contributed by atoms with Crippen LogP contribution in [0.1, 0.15) is 35.7 Å². The van der Waals surface area contributed by atoms with Crippen LogP contribution >= 0.6 is 0 Å². The van der Waals surface area contributed by atoms with Crippen molar-refractivity contribution in [3.63, 3.8) is 0 Å². The smallest absolute Gasteiger partial charge is 0.253 e. The molecule has 1 aliphatic heterocycles. The van der Waals surface area contributed by atoms with Gasteiger partial charge in [-0.15, -0.1) is 0 Å². The molecule has 1 aliphatic rings. The van der Waals surface area contributed by atoms with Crippen LogP contribution in [0.3, 0.4) is 0 Å². The first kappa shape index (κ1) is 19.1. The average molecular weight is 366 g/mol. The van der Waals surface area contributed by atoms with Crippen molar-refractivity contribution in [2.45, 2.75) is 26.4 Å². The van der Waals surface area contributed by atoms with Gasteiger partial charge in [-0.3, -0.25) is 9.59 Å². The van der Waals surface area contributed by atoms with Crippen molar-refractivity contribution in [2.75, 3.05) is 25.0 Å². The molecule has 3 rings (SSSR count). The summed E-state index contributed by atoms with van der Waals surface area (Å²) in [6.45, 7) is 4.24. The van der Waals surface area contributed by atoms with E-state index in [1.54, 1.807) is 24.3 Å². The van der Waals surface area contributed by atoms with Crippen molar-refractivity contribution in [3.8, 4) is 0 Å². The van der Waals surface area contributed by atoms with Crippen LogP contribution in [0.5, 0.6) is 0 Å². The quantitative estimate of drug-likeness (QED) is 0.848. The highest BCUT2D eigenvalue weighted by Crippen LogP contribution is 2.20. The zero-order chi connectivity index (χ0) is 19.1. The number of ether oxygens (including phenoxy) is 1. The van der Waals surface area contributed by atoms with Crippen LogP contribution in [0.2, 0.25) is 0 Å². The molecule has 0 radical (unpaired) electrons.